The molecule has 0 atom stereocenters. The molecule has 0 bridgehead atoms. The minimum Gasteiger partial charge on any atom is -0.504 e. The number of carbonyl (C=O) groups is 1. The van der Waals surface area contributed by atoms with E-state index in [1.54, 1.807) is 0 Å². The highest BCUT2D eigenvalue weighted by Crippen LogP contribution is 2.29. The Kier molecular flexibility index (Phi) is 3.57. The molecule has 0 aliphatic rings. The van der Waals surface area contributed by atoms with Crippen LogP contribution < -0.4 is 5.32 Å². The lowest BCUT2D eigenvalue weighted by Crippen LogP contribution is -2.12. The molecule has 0 aromatic heterocycles. The minimum atomic E-state index is -0.665. The first-order valence-corrected chi connectivity index (χ1v) is 5.64. The summed E-state index contributed by atoms with van der Waals surface area (Å²) in [7, 11) is 0. The second kappa shape index (κ2) is 5.16. The van der Waals surface area contributed by atoms with Crippen LogP contribution in [0.15, 0.2) is 36.4 Å². The van der Waals surface area contributed by atoms with Crippen molar-refractivity contribution < 1.29 is 19.4 Å². The van der Waals surface area contributed by atoms with Gasteiger partial charge in [0.1, 0.15) is 5.82 Å². The topological polar surface area (TPSA) is 69.6 Å². The van der Waals surface area contributed by atoms with Crippen LogP contribution in [0.3, 0.4) is 0 Å². The highest BCUT2D eigenvalue weighted by molar-refractivity contribution is 6.34. The molecule has 19 heavy (non-hydrogen) atoms. The number of benzene rings is 2. The summed E-state index contributed by atoms with van der Waals surface area (Å²) in [4.78, 5) is 11.9. The number of rotatable bonds is 2. The van der Waals surface area contributed by atoms with E-state index in [9.17, 15) is 19.4 Å². The average Bonchev–Trinajstić information content (AvgIpc) is 2.36. The zero-order valence-corrected chi connectivity index (χ0v) is 10.3. The molecule has 0 radical (unpaired) electrons. The van der Waals surface area contributed by atoms with Crippen molar-refractivity contribution in [3.63, 3.8) is 0 Å². The monoisotopic (exact) mass is 281 g/mol. The molecule has 6 heteroatoms. The van der Waals surface area contributed by atoms with Gasteiger partial charge in [0.05, 0.1) is 16.3 Å². The SMILES string of the molecule is O=C(Nc1ccc(F)cc1Cl)c1cccc(O)c1O. The fourth-order valence-corrected chi connectivity index (χ4v) is 1.71. The van der Waals surface area contributed by atoms with E-state index < -0.39 is 23.2 Å². The van der Waals surface area contributed by atoms with Crippen LogP contribution >= 0.6 is 11.6 Å². The van der Waals surface area contributed by atoms with Gasteiger partial charge in [-0.2, -0.15) is 0 Å². The van der Waals surface area contributed by atoms with E-state index in [1.165, 1.54) is 24.3 Å². The molecule has 98 valence electrons. The summed E-state index contributed by atoms with van der Waals surface area (Å²) in [6.45, 7) is 0. The largest absolute Gasteiger partial charge is 0.504 e. The molecule has 0 spiro atoms. The number of phenols is 2. The molecule has 0 fully saturated rings. The number of amides is 1. The summed E-state index contributed by atoms with van der Waals surface area (Å²) in [5, 5.41) is 21.3. The molecule has 0 unspecified atom stereocenters. The van der Waals surface area contributed by atoms with Crippen LogP contribution in [-0.4, -0.2) is 16.1 Å². The molecule has 0 aliphatic carbocycles. The van der Waals surface area contributed by atoms with Crippen molar-refractivity contribution in [1.29, 1.82) is 0 Å². The van der Waals surface area contributed by atoms with E-state index in [0.717, 1.165) is 12.1 Å². The molecule has 2 aromatic rings. The summed E-state index contributed by atoms with van der Waals surface area (Å²) >= 11 is 5.77. The molecule has 0 heterocycles. The molecule has 2 rings (SSSR count). The third kappa shape index (κ3) is 2.77. The normalized spacial score (nSPS) is 10.2. The lowest BCUT2D eigenvalue weighted by Gasteiger charge is -2.09. The van der Waals surface area contributed by atoms with Gasteiger partial charge in [-0.15, -0.1) is 0 Å². The van der Waals surface area contributed by atoms with Gasteiger partial charge in [-0.25, -0.2) is 4.39 Å². The quantitative estimate of drug-likeness (QED) is 0.741. The number of aromatic hydroxyl groups is 2. The Balaban J connectivity index is 2.28. The van der Waals surface area contributed by atoms with Crippen molar-refractivity contribution in [2.45, 2.75) is 0 Å². The van der Waals surface area contributed by atoms with Crippen molar-refractivity contribution in [2.75, 3.05) is 5.32 Å². The first-order valence-electron chi connectivity index (χ1n) is 5.26. The van der Waals surface area contributed by atoms with Gasteiger partial charge in [-0.1, -0.05) is 17.7 Å². The van der Waals surface area contributed by atoms with Crippen molar-refractivity contribution >= 4 is 23.2 Å². The van der Waals surface area contributed by atoms with Gasteiger partial charge in [0.25, 0.3) is 5.91 Å². The number of hydrogen-bond donors (Lipinski definition) is 3. The first-order chi connectivity index (χ1) is 8.99. The van der Waals surface area contributed by atoms with E-state index in [-0.39, 0.29) is 16.3 Å². The van der Waals surface area contributed by atoms with Crippen LogP contribution in [0.1, 0.15) is 10.4 Å². The molecule has 0 saturated heterocycles. The Labute approximate surface area is 113 Å². The van der Waals surface area contributed by atoms with Crippen LogP contribution in [0.2, 0.25) is 5.02 Å². The highest BCUT2D eigenvalue weighted by atomic mass is 35.5. The van der Waals surface area contributed by atoms with Crippen LogP contribution in [0.25, 0.3) is 0 Å². The van der Waals surface area contributed by atoms with Crippen LogP contribution in [0.4, 0.5) is 10.1 Å². The van der Waals surface area contributed by atoms with Crippen molar-refractivity contribution in [1.82, 2.24) is 0 Å². The minimum absolute atomic E-state index is 0.0352. The predicted molar refractivity (Wildman–Crippen MR) is 69.1 cm³/mol. The Morgan fingerprint density at radius 2 is 1.95 bits per heavy atom. The molecular weight excluding hydrogens is 273 g/mol. The maximum absolute atomic E-state index is 12.9. The fourth-order valence-electron chi connectivity index (χ4n) is 1.50. The van der Waals surface area contributed by atoms with Gasteiger partial charge in [-0.3, -0.25) is 4.79 Å². The fraction of sp³-hybridized carbons (Fsp3) is 0. The predicted octanol–water partition coefficient (Wildman–Crippen LogP) is 3.14. The number of hydrogen-bond acceptors (Lipinski definition) is 3. The zero-order valence-electron chi connectivity index (χ0n) is 9.52. The standard InChI is InChI=1S/C13H9ClFNO3/c14-9-6-7(15)4-5-10(9)16-13(19)8-2-1-3-11(17)12(8)18/h1-6,17-18H,(H,16,19). The first kappa shape index (κ1) is 13.2. The second-order valence-electron chi connectivity index (χ2n) is 3.75. The highest BCUT2D eigenvalue weighted by Gasteiger charge is 2.15. The molecule has 2 aromatic carbocycles. The van der Waals surface area contributed by atoms with Gasteiger partial charge in [0.2, 0.25) is 0 Å². The molecule has 0 aliphatic heterocycles. The number of phenolic OH excluding ortho intramolecular Hbond substituents is 2. The van der Waals surface area contributed by atoms with Gasteiger partial charge < -0.3 is 15.5 Å². The number of para-hydroxylation sites is 1. The van der Waals surface area contributed by atoms with Gasteiger partial charge >= 0.3 is 0 Å². The summed E-state index contributed by atoms with van der Waals surface area (Å²) in [6, 6.07) is 7.49. The number of anilines is 1. The van der Waals surface area contributed by atoms with Crippen LogP contribution in [-0.2, 0) is 0 Å². The molecule has 3 N–H and O–H groups in total. The van der Waals surface area contributed by atoms with E-state index >= 15 is 0 Å². The van der Waals surface area contributed by atoms with Crippen molar-refractivity contribution in [3.8, 4) is 11.5 Å². The maximum Gasteiger partial charge on any atom is 0.259 e. The summed E-state index contributed by atoms with van der Waals surface area (Å²) in [6.07, 6.45) is 0. The van der Waals surface area contributed by atoms with E-state index in [0.29, 0.717) is 0 Å². The van der Waals surface area contributed by atoms with Crippen LogP contribution in [0, 0.1) is 5.82 Å². The summed E-state index contributed by atoms with van der Waals surface area (Å²) in [5.74, 6) is -2.12. The number of nitrogens with one attached hydrogen (secondary N) is 1. The Hall–Kier alpha value is -2.27. The smallest absolute Gasteiger partial charge is 0.259 e. The lowest BCUT2D eigenvalue weighted by atomic mass is 10.1. The third-order valence-electron chi connectivity index (χ3n) is 2.44. The van der Waals surface area contributed by atoms with Crippen molar-refractivity contribution in [2.24, 2.45) is 0 Å². The number of carbonyl (C=O) groups excluding carboxylic acids is 1. The Morgan fingerprint density at radius 1 is 1.21 bits per heavy atom. The summed E-state index contributed by atoms with van der Waals surface area (Å²) < 4.78 is 12.9. The van der Waals surface area contributed by atoms with Crippen molar-refractivity contribution in [3.05, 3.63) is 52.8 Å². The summed E-state index contributed by atoms with van der Waals surface area (Å²) in [5.41, 5.74) is 0.0937. The van der Waals surface area contributed by atoms with Gasteiger partial charge in [0.15, 0.2) is 11.5 Å². The number of halogens is 2. The molecule has 1 amide bonds. The van der Waals surface area contributed by atoms with E-state index in [4.69, 9.17) is 11.6 Å². The Morgan fingerprint density at radius 3 is 2.63 bits per heavy atom. The lowest BCUT2D eigenvalue weighted by molar-refractivity contribution is 0.102. The van der Waals surface area contributed by atoms with Gasteiger partial charge in [-0.05, 0) is 30.3 Å². The Bertz CT molecular complexity index is 646. The van der Waals surface area contributed by atoms with Gasteiger partial charge in [0, 0.05) is 0 Å². The van der Waals surface area contributed by atoms with E-state index in [1.807, 2.05) is 0 Å². The molecule has 0 saturated carbocycles. The van der Waals surface area contributed by atoms with Crippen LogP contribution in [0.5, 0.6) is 11.5 Å². The zero-order chi connectivity index (χ0) is 14.0. The maximum atomic E-state index is 12.9. The second-order valence-corrected chi connectivity index (χ2v) is 4.16. The molecular formula is C13H9ClFNO3. The third-order valence-corrected chi connectivity index (χ3v) is 2.75. The average molecular weight is 282 g/mol. The van der Waals surface area contributed by atoms with E-state index in [2.05, 4.69) is 5.32 Å². The molecule has 4 nitrogen and oxygen atoms in total.